The summed E-state index contributed by atoms with van der Waals surface area (Å²) < 4.78 is 13.5. The average Bonchev–Trinajstić information content (AvgIpc) is 3.30. The van der Waals surface area contributed by atoms with Crippen molar-refractivity contribution in [2.24, 2.45) is 0 Å². The number of pyridine rings is 1. The third-order valence-corrected chi connectivity index (χ3v) is 6.23. The van der Waals surface area contributed by atoms with E-state index in [0.717, 1.165) is 25.7 Å². The maximum atomic E-state index is 5.90. The predicted molar refractivity (Wildman–Crippen MR) is 109 cm³/mol. The number of hydrogen-bond donors (Lipinski definition) is 1. The number of hydrogen-bond acceptors (Lipinski definition) is 5. The van der Waals surface area contributed by atoms with Crippen molar-refractivity contribution in [3.63, 3.8) is 0 Å². The van der Waals surface area contributed by atoms with Gasteiger partial charge in [-0.05, 0) is 36.5 Å². The van der Waals surface area contributed by atoms with Gasteiger partial charge in [-0.2, -0.15) is 0 Å². The van der Waals surface area contributed by atoms with E-state index in [1.54, 1.807) is 0 Å². The summed E-state index contributed by atoms with van der Waals surface area (Å²) in [5.41, 5.74) is 3.78. The van der Waals surface area contributed by atoms with Gasteiger partial charge in [0, 0.05) is 18.7 Å². The highest BCUT2D eigenvalue weighted by Crippen LogP contribution is 2.41. The second-order valence-corrected chi connectivity index (χ2v) is 8.10. The van der Waals surface area contributed by atoms with E-state index in [0.29, 0.717) is 25.1 Å². The maximum absolute atomic E-state index is 5.90. The van der Waals surface area contributed by atoms with Crippen LogP contribution in [0.25, 0.3) is 0 Å². The van der Waals surface area contributed by atoms with Crippen LogP contribution in [0.1, 0.15) is 47.6 Å². The quantitative estimate of drug-likeness (QED) is 0.739. The molecule has 1 saturated heterocycles. The first-order valence-electron chi connectivity index (χ1n) is 10.5. The van der Waals surface area contributed by atoms with Crippen LogP contribution in [-0.2, 0) is 17.6 Å². The van der Waals surface area contributed by atoms with Gasteiger partial charge in [-0.3, -0.25) is 0 Å². The van der Waals surface area contributed by atoms with Gasteiger partial charge >= 0.3 is 0 Å². The highest BCUT2D eigenvalue weighted by molar-refractivity contribution is 5.51. The molecule has 3 aromatic rings. The number of anilines is 1. The minimum Gasteiger partial charge on any atom is -0.469 e. The standard InChI is InChI=1S/C23H24N4O2/c1-2-4-15(5-3-1)20-8-9-21-25-19-7-6-18(26-23(19)27(20)21)16-10-11-24-22(12-16)29-17-13-28-14-17/h1-5,10-12,17-18,20,26H,6-9,13-14H2/t18-,20?/m1/s1. The van der Waals surface area contributed by atoms with Gasteiger partial charge in [-0.15, -0.1) is 0 Å². The first kappa shape index (κ1) is 17.0. The molecule has 0 saturated carbocycles. The molecule has 6 rings (SSSR count). The average molecular weight is 388 g/mol. The fourth-order valence-electron chi connectivity index (χ4n) is 4.68. The number of imidazole rings is 1. The van der Waals surface area contributed by atoms with E-state index in [4.69, 9.17) is 14.5 Å². The first-order valence-corrected chi connectivity index (χ1v) is 10.5. The Morgan fingerprint density at radius 3 is 2.76 bits per heavy atom. The van der Waals surface area contributed by atoms with Gasteiger partial charge in [0.2, 0.25) is 5.88 Å². The Morgan fingerprint density at radius 1 is 1.03 bits per heavy atom. The van der Waals surface area contributed by atoms with Crippen LogP contribution in [0.15, 0.2) is 48.7 Å². The molecule has 1 fully saturated rings. The van der Waals surface area contributed by atoms with E-state index in [9.17, 15) is 0 Å². The van der Waals surface area contributed by atoms with Gasteiger partial charge in [-0.25, -0.2) is 9.97 Å². The van der Waals surface area contributed by atoms with Crippen molar-refractivity contribution >= 4 is 5.82 Å². The second kappa shape index (κ2) is 6.88. The van der Waals surface area contributed by atoms with Gasteiger partial charge in [0.1, 0.15) is 17.7 Å². The molecular formula is C23H24N4O2. The molecule has 2 aromatic heterocycles. The molecule has 0 radical (unpaired) electrons. The predicted octanol–water partition coefficient (Wildman–Crippen LogP) is 3.69. The molecule has 3 aliphatic rings. The molecule has 1 N–H and O–H groups in total. The summed E-state index contributed by atoms with van der Waals surface area (Å²) in [5.74, 6) is 3.08. The van der Waals surface area contributed by atoms with Crippen LogP contribution < -0.4 is 10.1 Å². The number of rotatable bonds is 4. The van der Waals surface area contributed by atoms with Crippen LogP contribution in [-0.4, -0.2) is 33.9 Å². The van der Waals surface area contributed by atoms with Crippen LogP contribution in [0, 0.1) is 0 Å². The Kier molecular flexibility index (Phi) is 4.04. The summed E-state index contributed by atoms with van der Waals surface area (Å²) in [6, 6.07) is 15.5. The molecule has 0 bridgehead atoms. The topological polar surface area (TPSA) is 61.2 Å². The molecule has 3 aliphatic heterocycles. The minimum absolute atomic E-state index is 0.133. The monoisotopic (exact) mass is 388 g/mol. The molecular weight excluding hydrogens is 364 g/mol. The SMILES string of the molecule is c1ccc(C2CCc3nc4c(n32)N[C@@H](c2ccnc(OC3COC3)c2)CC4)cc1. The van der Waals surface area contributed by atoms with Crippen LogP contribution in [0.3, 0.4) is 0 Å². The molecule has 1 aromatic carbocycles. The van der Waals surface area contributed by atoms with Crippen molar-refractivity contribution in [3.8, 4) is 5.88 Å². The highest BCUT2D eigenvalue weighted by Gasteiger charge is 2.33. The lowest BCUT2D eigenvalue weighted by atomic mass is 9.98. The van der Waals surface area contributed by atoms with E-state index >= 15 is 0 Å². The molecule has 0 aliphatic carbocycles. The number of aryl methyl sites for hydroxylation is 2. The summed E-state index contributed by atoms with van der Waals surface area (Å²) in [6.45, 7) is 1.31. The molecule has 5 heterocycles. The fraction of sp³-hybridized carbons (Fsp3) is 0.391. The molecule has 0 amide bonds. The van der Waals surface area contributed by atoms with Gasteiger partial charge in [0.05, 0.1) is 31.0 Å². The lowest BCUT2D eigenvalue weighted by molar-refractivity contribution is -0.0813. The lowest BCUT2D eigenvalue weighted by Gasteiger charge is -2.29. The number of nitrogens with zero attached hydrogens (tertiary/aromatic N) is 3. The fourth-order valence-corrected chi connectivity index (χ4v) is 4.68. The molecule has 148 valence electrons. The van der Waals surface area contributed by atoms with Crippen molar-refractivity contribution in [2.75, 3.05) is 18.5 Å². The van der Waals surface area contributed by atoms with Crippen molar-refractivity contribution in [1.29, 1.82) is 0 Å². The number of ether oxygens (including phenoxy) is 2. The number of benzene rings is 1. The molecule has 6 heteroatoms. The van der Waals surface area contributed by atoms with E-state index in [2.05, 4.69) is 57.3 Å². The van der Waals surface area contributed by atoms with E-state index in [1.165, 1.54) is 28.5 Å². The number of aromatic nitrogens is 3. The Balaban J connectivity index is 1.29. The van der Waals surface area contributed by atoms with Crippen LogP contribution in [0.2, 0.25) is 0 Å². The zero-order chi connectivity index (χ0) is 19.2. The zero-order valence-corrected chi connectivity index (χ0v) is 16.3. The van der Waals surface area contributed by atoms with E-state index in [-0.39, 0.29) is 12.1 Å². The van der Waals surface area contributed by atoms with Crippen LogP contribution >= 0.6 is 0 Å². The Labute approximate surface area is 169 Å². The summed E-state index contributed by atoms with van der Waals surface area (Å²) in [6.07, 6.45) is 6.14. The molecule has 6 nitrogen and oxygen atoms in total. The highest BCUT2D eigenvalue weighted by atomic mass is 16.6. The normalized spacial score (nSPS) is 23.0. The molecule has 1 unspecified atom stereocenters. The van der Waals surface area contributed by atoms with Crippen LogP contribution in [0.4, 0.5) is 5.82 Å². The maximum Gasteiger partial charge on any atom is 0.213 e. The summed E-state index contributed by atoms with van der Waals surface area (Å²) in [7, 11) is 0. The van der Waals surface area contributed by atoms with Gasteiger partial charge in [0.25, 0.3) is 0 Å². The van der Waals surface area contributed by atoms with Gasteiger partial charge < -0.3 is 19.4 Å². The lowest BCUT2D eigenvalue weighted by Crippen LogP contribution is -2.38. The Bertz CT molecular complexity index is 1030. The van der Waals surface area contributed by atoms with Gasteiger partial charge in [0.15, 0.2) is 0 Å². The summed E-state index contributed by atoms with van der Waals surface area (Å²) >= 11 is 0. The zero-order valence-electron chi connectivity index (χ0n) is 16.3. The summed E-state index contributed by atoms with van der Waals surface area (Å²) in [5, 5.41) is 3.79. The minimum atomic E-state index is 0.133. The van der Waals surface area contributed by atoms with Crippen molar-refractivity contribution in [3.05, 3.63) is 71.3 Å². The largest absolute Gasteiger partial charge is 0.469 e. The smallest absolute Gasteiger partial charge is 0.213 e. The molecule has 2 atom stereocenters. The van der Waals surface area contributed by atoms with Crippen molar-refractivity contribution in [1.82, 2.24) is 14.5 Å². The molecule has 29 heavy (non-hydrogen) atoms. The Morgan fingerprint density at radius 2 is 1.93 bits per heavy atom. The molecule has 0 spiro atoms. The number of fused-ring (bicyclic) bond motifs is 3. The van der Waals surface area contributed by atoms with E-state index < -0.39 is 0 Å². The third-order valence-electron chi connectivity index (χ3n) is 6.23. The van der Waals surface area contributed by atoms with Crippen molar-refractivity contribution in [2.45, 2.75) is 43.9 Å². The van der Waals surface area contributed by atoms with Gasteiger partial charge in [-0.1, -0.05) is 30.3 Å². The Hall–Kier alpha value is -2.86. The first-order chi connectivity index (χ1) is 14.3. The summed E-state index contributed by atoms with van der Waals surface area (Å²) in [4.78, 5) is 9.34. The second-order valence-electron chi connectivity index (χ2n) is 8.10. The number of nitrogens with one attached hydrogen (secondary N) is 1. The third kappa shape index (κ3) is 2.99. The van der Waals surface area contributed by atoms with Crippen molar-refractivity contribution < 1.29 is 9.47 Å². The van der Waals surface area contributed by atoms with E-state index in [1.807, 2.05) is 6.20 Å². The van der Waals surface area contributed by atoms with Crippen LogP contribution in [0.5, 0.6) is 5.88 Å².